The number of nitrogens with two attached hydrogens (primary N) is 1. The van der Waals surface area contributed by atoms with Gasteiger partial charge in [0.1, 0.15) is 40.2 Å². The minimum Gasteiger partial charge on any atom is -0.460 e. The number of hydrogen-bond acceptors (Lipinski definition) is 10. The molecule has 0 radical (unpaired) electrons. The van der Waals surface area contributed by atoms with Crippen molar-refractivity contribution in [3.8, 4) is 28.4 Å². The van der Waals surface area contributed by atoms with E-state index in [2.05, 4.69) is 11.3 Å². The van der Waals surface area contributed by atoms with Gasteiger partial charge in [-0.2, -0.15) is 52.7 Å². The summed E-state index contributed by atoms with van der Waals surface area (Å²) in [7, 11) is 0. The van der Waals surface area contributed by atoms with Gasteiger partial charge in [-0.3, -0.25) is 19.2 Å². The molecule has 10 nitrogen and oxygen atoms in total. The van der Waals surface area contributed by atoms with Crippen LogP contribution in [0.15, 0.2) is 158 Å². The second-order valence-corrected chi connectivity index (χ2v) is 17.6. The van der Waals surface area contributed by atoms with E-state index >= 15 is 0 Å². The van der Waals surface area contributed by atoms with Gasteiger partial charge in [0.25, 0.3) is 0 Å². The molecule has 0 aromatic heterocycles. The van der Waals surface area contributed by atoms with Gasteiger partial charge in [0.2, 0.25) is 5.41 Å². The molecule has 2 aliphatic heterocycles. The van der Waals surface area contributed by atoms with Crippen LogP contribution in [0.1, 0.15) is 70.9 Å². The highest BCUT2D eigenvalue weighted by atomic mass is 19.4. The Morgan fingerprint density at radius 3 is 1.56 bits per heavy atom. The van der Waals surface area contributed by atoms with Crippen LogP contribution in [-0.4, -0.2) is 41.8 Å². The van der Waals surface area contributed by atoms with Crippen LogP contribution in [0, 0.1) is 18.8 Å². The van der Waals surface area contributed by atoms with Crippen molar-refractivity contribution >= 4 is 40.9 Å². The highest BCUT2D eigenvalue weighted by Gasteiger charge is 2.72. The number of anilines is 1. The van der Waals surface area contributed by atoms with Crippen molar-refractivity contribution in [1.82, 2.24) is 0 Å². The maximum atomic E-state index is 13.8. The molecule has 0 bridgehead atoms. The number of allylic oxidation sites excluding steroid dienone is 2. The van der Waals surface area contributed by atoms with Crippen molar-refractivity contribution in [2.45, 2.75) is 43.5 Å². The quantitative estimate of drug-likeness (QED) is 0.0709. The normalized spacial score (nSPS) is 16.9. The van der Waals surface area contributed by atoms with Crippen LogP contribution in [-0.2, 0) is 36.8 Å². The second-order valence-electron chi connectivity index (χ2n) is 17.6. The minimum atomic E-state index is -5.57. The predicted molar refractivity (Wildman–Crippen MR) is 253 cm³/mol. The molecule has 10 rings (SSSR count). The van der Waals surface area contributed by atoms with Crippen LogP contribution in [0.25, 0.3) is 16.9 Å². The van der Waals surface area contributed by atoms with Gasteiger partial charge in [0.15, 0.2) is 11.6 Å². The summed E-state index contributed by atoms with van der Waals surface area (Å²) in [5, 5.41) is 0. The number of carbonyl (C=O) groups is 5. The van der Waals surface area contributed by atoms with E-state index in [0.717, 1.165) is 36.4 Å². The molecule has 1 fully saturated rings. The van der Waals surface area contributed by atoms with Crippen LogP contribution in [0.5, 0.6) is 17.2 Å². The molecular weight excluding hydrogens is 1060 g/mol. The van der Waals surface area contributed by atoms with Crippen LogP contribution in [0.2, 0.25) is 0 Å². The Kier molecular flexibility index (Phi) is 14.6. The summed E-state index contributed by atoms with van der Waals surface area (Å²) in [6, 6.07) is 23.8. The molecule has 0 spiro atoms. The Balaban J connectivity index is 0.000000194. The molecule has 6 aromatic carbocycles. The number of Topliss-reactive ketones (excluding diaryl/α,β-unsaturated/α-hetero) is 2. The Morgan fingerprint density at radius 2 is 1.04 bits per heavy atom. The van der Waals surface area contributed by atoms with Gasteiger partial charge < -0.3 is 24.7 Å². The zero-order valence-electron chi connectivity index (χ0n) is 39.7. The number of cyclic esters (lactones) is 3. The average molecular weight is 1090 g/mol. The molecule has 1 saturated heterocycles. The summed E-state index contributed by atoms with van der Waals surface area (Å²) in [6.07, 6.45) is -17.3. The zero-order chi connectivity index (χ0) is 56.9. The fourth-order valence-electron chi connectivity index (χ4n) is 8.88. The molecule has 4 aliphatic rings. The maximum Gasteiger partial charge on any atom is 0.416 e. The van der Waals surface area contributed by atoms with Crippen molar-refractivity contribution in [1.29, 1.82) is 0 Å². The lowest BCUT2D eigenvalue weighted by Gasteiger charge is -2.38. The van der Waals surface area contributed by atoms with Gasteiger partial charge in [0.05, 0.1) is 29.0 Å². The maximum absolute atomic E-state index is 13.8. The number of fused-ring (bicyclic) bond motifs is 3. The fraction of sp³-hybridized carbons (Fsp3) is 0.161. The van der Waals surface area contributed by atoms with E-state index in [1.165, 1.54) is 66.8 Å². The van der Waals surface area contributed by atoms with Crippen molar-refractivity contribution < 1.29 is 95.6 Å². The number of rotatable bonds is 7. The number of carbonyl (C=O) groups excluding carboxylic acids is 5. The molecule has 2 unspecified atom stereocenters. The van der Waals surface area contributed by atoms with E-state index in [1.807, 2.05) is 0 Å². The molecule has 2 aliphatic carbocycles. The first-order valence-electron chi connectivity index (χ1n) is 22.7. The SMILES string of the molecule is C=C1OC(=O)c2c(Oc3cccc(OC4=CC=CC5C(=O)OC(=O)C45)c3-c3cc(C(F)(F)F)cc(C(F)(F)F)c3)cccc21.Cc1ccc(C(c2ccc(N)cc2)(C(F)(F)F)C(F)(F)F)cc1.O=C1CC(=O)c2ccccc21. The number of halogens is 12. The third-order valence-electron chi connectivity index (χ3n) is 12.6. The predicted octanol–water partition coefficient (Wildman–Crippen LogP) is 13.9. The number of benzene rings is 6. The summed E-state index contributed by atoms with van der Waals surface area (Å²) in [5.41, 5.74) is -2.71. The van der Waals surface area contributed by atoms with E-state index < -0.39 is 87.7 Å². The molecular formula is C56H35F12NO9. The Bertz CT molecular complexity index is 3360. The monoisotopic (exact) mass is 1090 g/mol. The molecule has 2 heterocycles. The van der Waals surface area contributed by atoms with Gasteiger partial charge in [-0.25, -0.2) is 4.79 Å². The number of ether oxygens (including phenoxy) is 4. The molecule has 78 heavy (non-hydrogen) atoms. The lowest BCUT2D eigenvalue weighted by Crippen LogP contribution is -2.54. The second kappa shape index (κ2) is 20.5. The third kappa shape index (κ3) is 10.6. The number of alkyl halides is 12. The highest BCUT2D eigenvalue weighted by Crippen LogP contribution is 2.56. The van der Waals surface area contributed by atoms with E-state index in [0.29, 0.717) is 28.8 Å². The largest absolute Gasteiger partial charge is 0.460 e. The number of hydrogen-bond donors (Lipinski definition) is 1. The highest BCUT2D eigenvalue weighted by molar-refractivity contribution is 6.24. The standard InChI is InChI=1S/C31H16F6O7.C16H13F6N.C9H6O2/c1-14-18-5-2-7-22(25(18)28(39)41-14)42-20-9-4-10-21(43-23-8-3-6-19-26(23)29(40)44-27(19)38)24(20)15-11-16(30(32,33)34)13-17(12-15)31(35,36)37;1-10-2-4-11(5-3-10)14(15(17,18)19,16(20,21)22)12-6-8-13(23)9-7-12;10-8-5-9(11)7-4-2-1-3-6(7)8/h2-13,19,26H,1H2;2-9H,23H2,1H3;1-4H,5H2. The van der Waals surface area contributed by atoms with Gasteiger partial charge in [0, 0.05) is 22.4 Å². The molecule has 402 valence electrons. The van der Waals surface area contributed by atoms with Gasteiger partial charge in [-0.15, -0.1) is 0 Å². The summed E-state index contributed by atoms with van der Waals surface area (Å²) in [6.45, 7) is 5.22. The van der Waals surface area contributed by atoms with E-state index in [-0.39, 0.29) is 75.2 Å². The zero-order valence-corrected chi connectivity index (χ0v) is 39.7. The minimum absolute atomic E-state index is 0.0188. The Labute approximate surface area is 433 Å². The molecule has 2 atom stereocenters. The number of ketones is 2. The molecule has 22 heteroatoms. The smallest absolute Gasteiger partial charge is 0.416 e. The summed E-state index contributed by atoms with van der Waals surface area (Å²) in [4.78, 5) is 59.2. The van der Waals surface area contributed by atoms with Crippen LogP contribution < -0.4 is 15.2 Å². The van der Waals surface area contributed by atoms with Crippen molar-refractivity contribution in [3.63, 3.8) is 0 Å². The average Bonchev–Trinajstić information content (AvgIpc) is 3.98. The summed E-state index contributed by atoms with van der Waals surface area (Å²) < 4.78 is 187. The fourth-order valence-corrected chi connectivity index (χ4v) is 8.88. The topological polar surface area (TPSA) is 148 Å². The van der Waals surface area contributed by atoms with Crippen molar-refractivity contribution in [3.05, 3.63) is 208 Å². The third-order valence-corrected chi connectivity index (χ3v) is 12.6. The van der Waals surface area contributed by atoms with Crippen molar-refractivity contribution in [2.24, 2.45) is 11.8 Å². The molecule has 6 aromatic rings. The van der Waals surface area contributed by atoms with Gasteiger partial charge in [-0.05, 0) is 78.2 Å². The first-order valence-corrected chi connectivity index (χ1v) is 22.7. The Morgan fingerprint density at radius 1 is 0.551 bits per heavy atom. The molecule has 0 saturated carbocycles. The summed E-state index contributed by atoms with van der Waals surface area (Å²) >= 11 is 0. The first-order chi connectivity index (χ1) is 36.5. The van der Waals surface area contributed by atoms with Gasteiger partial charge in [-0.1, -0.05) is 103 Å². The first kappa shape index (κ1) is 55.3. The summed E-state index contributed by atoms with van der Waals surface area (Å²) in [5.74, 6) is -5.87. The van der Waals surface area contributed by atoms with E-state index in [1.54, 1.807) is 31.2 Å². The van der Waals surface area contributed by atoms with E-state index in [9.17, 15) is 76.7 Å². The van der Waals surface area contributed by atoms with Crippen LogP contribution in [0.4, 0.5) is 58.4 Å². The Hall–Kier alpha value is -8.95. The molecule has 0 amide bonds. The lowest BCUT2D eigenvalue weighted by molar-refractivity contribution is -0.288. The van der Waals surface area contributed by atoms with Crippen LogP contribution in [0.3, 0.4) is 0 Å². The van der Waals surface area contributed by atoms with Crippen LogP contribution >= 0.6 is 0 Å². The van der Waals surface area contributed by atoms with Crippen molar-refractivity contribution in [2.75, 3.05) is 5.73 Å². The van der Waals surface area contributed by atoms with Gasteiger partial charge >= 0.3 is 42.6 Å². The molecule has 2 N–H and O–H groups in total. The lowest BCUT2D eigenvalue weighted by atomic mass is 9.72. The van der Waals surface area contributed by atoms with E-state index in [4.69, 9.17) is 19.9 Å². The number of esters is 3. The number of nitrogen functional groups attached to an aromatic ring is 1. The number of aryl methyl sites for hydroxylation is 1.